The van der Waals surface area contributed by atoms with Crippen LogP contribution in [-0.2, 0) is 15.8 Å². The van der Waals surface area contributed by atoms with Crippen LogP contribution in [0.1, 0.15) is 68.6 Å². The lowest BCUT2D eigenvalue weighted by Gasteiger charge is -2.35. The van der Waals surface area contributed by atoms with Crippen LogP contribution in [0.25, 0.3) is 0 Å². The predicted octanol–water partition coefficient (Wildman–Crippen LogP) is 5.94. The number of halogens is 4. The van der Waals surface area contributed by atoms with Gasteiger partial charge in [0.05, 0.1) is 18.6 Å². The summed E-state index contributed by atoms with van der Waals surface area (Å²) in [5, 5.41) is 9.40. The number of methoxy groups -OCH3 is 1. The van der Waals surface area contributed by atoms with Gasteiger partial charge in [-0.15, -0.1) is 0 Å². The lowest BCUT2D eigenvalue weighted by atomic mass is 9.85. The van der Waals surface area contributed by atoms with Crippen LogP contribution in [0, 0.1) is 5.92 Å². The normalized spacial score (nSPS) is 25.5. The first kappa shape index (κ1) is 32.1. The van der Waals surface area contributed by atoms with Gasteiger partial charge in [-0.05, 0) is 75.4 Å². The highest BCUT2D eigenvalue weighted by molar-refractivity contribution is 5.88. The molecule has 3 aliphatic heterocycles. The van der Waals surface area contributed by atoms with E-state index in [1.54, 1.807) is 31.4 Å². The fourth-order valence-corrected chi connectivity index (χ4v) is 6.92. The molecule has 3 saturated heterocycles. The number of benzene rings is 2. The second kappa shape index (κ2) is 11.9. The van der Waals surface area contributed by atoms with E-state index >= 15 is 4.39 Å². The van der Waals surface area contributed by atoms with Gasteiger partial charge in [-0.1, -0.05) is 18.2 Å². The molecule has 11 heteroatoms. The highest BCUT2D eigenvalue weighted by Gasteiger charge is 2.57. The summed E-state index contributed by atoms with van der Waals surface area (Å²) in [6, 6.07) is 10.8. The SMILES string of the molecule is COc1ccc([C@@H]2CN(C(C)(C)C)C[C@@]2(F)C(=O)N2CC[C@H](c3ccc(C(F)(F)F)cc3N3CCC(C(=O)O)CC3)C2)cc1. The van der Waals surface area contributed by atoms with E-state index in [4.69, 9.17) is 4.74 Å². The summed E-state index contributed by atoms with van der Waals surface area (Å²) < 4.78 is 63.7. The van der Waals surface area contributed by atoms with E-state index in [2.05, 4.69) is 0 Å². The van der Waals surface area contributed by atoms with Crippen molar-refractivity contribution >= 4 is 17.6 Å². The average Bonchev–Trinajstić information content (AvgIpc) is 3.62. The van der Waals surface area contributed by atoms with Crippen molar-refractivity contribution in [2.75, 3.05) is 51.3 Å². The summed E-state index contributed by atoms with van der Waals surface area (Å²) in [7, 11) is 1.55. The zero-order valence-electron chi connectivity index (χ0n) is 25.7. The van der Waals surface area contributed by atoms with Crippen molar-refractivity contribution in [3.8, 4) is 5.75 Å². The number of nitrogens with zero attached hydrogens (tertiary/aromatic N) is 3. The fraction of sp³-hybridized carbons (Fsp3) is 0.576. The molecule has 1 N–H and O–H groups in total. The van der Waals surface area contributed by atoms with Gasteiger partial charge in [-0.2, -0.15) is 13.2 Å². The van der Waals surface area contributed by atoms with E-state index in [0.717, 1.165) is 12.1 Å². The summed E-state index contributed by atoms with van der Waals surface area (Å²) in [5.41, 5.74) is -1.54. The number of rotatable bonds is 6. The third kappa shape index (κ3) is 6.25. The van der Waals surface area contributed by atoms with Crippen LogP contribution in [0.15, 0.2) is 42.5 Å². The minimum absolute atomic E-state index is 0.0583. The number of carboxylic acid groups (broad SMARTS) is 1. The molecule has 0 aliphatic carbocycles. The van der Waals surface area contributed by atoms with Crippen molar-refractivity contribution in [3.63, 3.8) is 0 Å². The van der Waals surface area contributed by atoms with E-state index in [-0.39, 0.29) is 24.5 Å². The molecule has 3 atom stereocenters. The summed E-state index contributed by atoms with van der Waals surface area (Å²) in [4.78, 5) is 30.9. The van der Waals surface area contributed by atoms with Gasteiger partial charge in [-0.25, -0.2) is 4.39 Å². The predicted molar refractivity (Wildman–Crippen MR) is 159 cm³/mol. The molecule has 3 aliphatic rings. The molecule has 3 fully saturated rings. The van der Waals surface area contributed by atoms with Crippen LogP contribution in [0.3, 0.4) is 0 Å². The Hall–Kier alpha value is -3.34. The summed E-state index contributed by atoms with van der Waals surface area (Å²) in [5.74, 6) is -2.36. The van der Waals surface area contributed by atoms with Crippen molar-refractivity contribution in [3.05, 3.63) is 59.2 Å². The van der Waals surface area contributed by atoms with Gasteiger partial charge in [0.1, 0.15) is 5.75 Å². The van der Waals surface area contributed by atoms with E-state index in [1.807, 2.05) is 30.6 Å². The van der Waals surface area contributed by atoms with E-state index in [0.29, 0.717) is 68.0 Å². The summed E-state index contributed by atoms with van der Waals surface area (Å²) in [6.07, 6.45) is -3.38. The summed E-state index contributed by atoms with van der Waals surface area (Å²) in [6.45, 7) is 7.41. The number of hydrogen-bond donors (Lipinski definition) is 1. The number of ether oxygens (including phenoxy) is 1. The van der Waals surface area contributed by atoms with Gasteiger partial charge in [0.25, 0.3) is 5.91 Å². The zero-order valence-corrected chi connectivity index (χ0v) is 25.7. The Morgan fingerprint density at radius 3 is 2.18 bits per heavy atom. The van der Waals surface area contributed by atoms with Gasteiger partial charge in [0.2, 0.25) is 5.67 Å². The monoisotopic (exact) mass is 619 g/mol. The van der Waals surface area contributed by atoms with Crippen LogP contribution >= 0.6 is 0 Å². The first-order chi connectivity index (χ1) is 20.6. The molecule has 1 amide bonds. The van der Waals surface area contributed by atoms with E-state index < -0.39 is 41.1 Å². The molecule has 240 valence electrons. The highest BCUT2D eigenvalue weighted by atomic mass is 19.4. The van der Waals surface area contributed by atoms with Crippen LogP contribution in [0.5, 0.6) is 5.75 Å². The number of aliphatic carboxylic acids is 1. The Kier molecular flexibility index (Phi) is 8.65. The maximum absolute atomic E-state index is 17.2. The van der Waals surface area contributed by atoms with Crippen LogP contribution in [0.2, 0.25) is 0 Å². The lowest BCUT2D eigenvalue weighted by molar-refractivity contribution is -0.143. The van der Waals surface area contributed by atoms with Gasteiger partial charge < -0.3 is 19.6 Å². The number of carbonyl (C=O) groups excluding carboxylic acids is 1. The van der Waals surface area contributed by atoms with Crippen molar-refractivity contribution in [1.82, 2.24) is 9.80 Å². The molecule has 0 radical (unpaired) electrons. The second-order valence-corrected chi connectivity index (χ2v) is 13.3. The smallest absolute Gasteiger partial charge is 0.416 e. The highest BCUT2D eigenvalue weighted by Crippen LogP contribution is 2.45. The number of carbonyl (C=O) groups is 2. The molecule has 2 aromatic rings. The molecule has 0 aromatic heterocycles. The number of hydrogen-bond acceptors (Lipinski definition) is 5. The zero-order chi connectivity index (χ0) is 32.0. The second-order valence-electron chi connectivity index (χ2n) is 13.3. The molecule has 0 saturated carbocycles. The number of carboxylic acids is 1. The maximum atomic E-state index is 17.2. The Morgan fingerprint density at radius 1 is 0.955 bits per heavy atom. The maximum Gasteiger partial charge on any atom is 0.416 e. The number of anilines is 1. The van der Waals surface area contributed by atoms with E-state index in [9.17, 15) is 27.9 Å². The minimum Gasteiger partial charge on any atom is -0.497 e. The standard InChI is InChI=1S/C33H41F4N3O4/c1-31(2,3)40-19-27(21-5-8-25(44-4)9-6-21)32(34,20-40)30(43)39-16-13-23(18-39)26-10-7-24(33(35,36)37)17-28(26)38-14-11-22(12-15-38)29(41)42/h5-10,17,22-23,27H,11-16,18-20H2,1-4H3,(H,41,42)/t23-,27-,32-/m0/s1. The molecular weight excluding hydrogens is 578 g/mol. The minimum atomic E-state index is -4.54. The average molecular weight is 620 g/mol. The molecule has 0 spiro atoms. The molecule has 44 heavy (non-hydrogen) atoms. The molecular formula is C33H41F4N3O4. The molecule has 3 heterocycles. The molecule has 5 rings (SSSR count). The Morgan fingerprint density at radius 2 is 1.61 bits per heavy atom. The largest absolute Gasteiger partial charge is 0.497 e. The van der Waals surface area contributed by atoms with Crippen molar-refractivity contribution in [2.45, 2.75) is 69.3 Å². The van der Waals surface area contributed by atoms with Gasteiger partial charge >= 0.3 is 12.1 Å². The van der Waals surface area contributed by atoms with E-state index in [1.165, 1.54) is 11.0 Å². The lowest BCUT2D eigenvalue weighted by Crippen LogP contribution is -2.51. The van der Waals surface area contributed by atoms with Crippen molar-refractivity contribution < 1.29 is 37.0 Å². The molecule has 7 nitrogen and oxygen atoms in total. The number of alkyl halides is 4. The molecule has 2 aromatic carbocycles. The first-order valence-electron chi connectivity index (χ1n) is 15.2. The molecule has 0 unspecified atom stereocenters. The van der Waals surface area contributed by atoms with Crippen LogP contribution in [-0.4, -0.2) is 84.4 Å². The van der Waals surface area contributed by atoms with Crippen LogP contribution in [0.4, 0.5) is 23.2 Å². The third-order valence-electron chi connectivity index (χ3n) is 9.66. The van der Waals surface area contributed by atoms with Crippen molar-refractivity contribution in [1.29, 1.82) is 0 Å². The van der Waals surface area contributed by atoms with Crippen LogP contribution < -0.4 is 9.64 Å². The van der Waals surface area contributed by atoms with Gasteiger partial charge in [0, 0.05) is 62.3 Å². The third-order valence-corrected chi connectivity index (χ3v) is 9.66. The Balaban J connectivity index is 1.41. The summed E-state index contributed by atoms with van der Waals surface area (Å²) >= 11 is 0. The quantitative estimate of drug-likeness (QED) is 0.404. The number of piperidine rings is 1. The van der Waals surface area contributed by atoms with Gasteiger partial charge in [0.15, 0.2) is 0 Å². The van der Waals surface area contributed by atoms with Crippen molar-refractivity contribution in [2.24, 2.45) is 5.92 Å². The number of likely N-dealkylation sites (tertiary alicyclic amines) is 2. The first-order valence-corrected chi connectivity index (χ1v) is 15.2. The van der Waals surface area contributed by atoms with Gasteiger partial charge in [-0.3, -0.25) is 14.5 Å². The Bertz CT molecular complexity index is 1370. The topological polar surface area (TPSA) is 73.3 Å². The molecule has 0 bridgehead atoms. The Labute approximate surface area is 255 Å². The fourth-order valence-electron chi connectivity index (χ4n) is 6.92. The number of amides is 1.